The van der Waals surface area contributed by atoms with Crippen LogP contribution in [-0.2, 0) is 30.5 Å². The smallest absolute Gasteiger partial charge is 0.336 e. The van der Waals surface area contributed by atoms with E-state index in [1.807, 2.05) is 65.8 Å². The predicted octanol–water partition coefficient (Wildman–Crippen LogP) is 8.74. The maximum Gasteiger partial charge on any atom is 0.336 e. The first-order chi connectivity index (χ1) is 25.8. The molecule has 0 aliphatic heterocycles. The van der Waals surface area contributed by atoms with Gasteiger partial charge >= 0.3 is 17.1 Å². The van der Waals surface area contributed by atoms with E-state index in [4.69, 9.17) is 0 Å². The van der Waals surface area contributed by atoms with Crippen LogP contribution in [0.15, 0.2) is 50.8 Å². The maximum atomic E-state index is 14.6. The fraction of sp³-hybridized carbons (Fsp3) is 0.543. The molecular formula is C46H61N3O6. The number of benzene rings is 3. The van der Waals surface area contributed by atoms with Crippen molar-refractivity contribution in [3.05, 3.63) is 118 Å². The van der Waals surface area contributed by atoms with Crippen molar-refractivity contribution in [1.29, 1.82) is 0 Å². The van der Waals surface area contributed by atoms with E-state index >= 15 is 0 Å². The molecule has 9 heteroatoms. The van der Waals surface area contributed by atoms with Crippen LogP contribution in [0.4, 0.5) is 0 Å². The second-order valence-corrected chi connectivity index (χ2v) is 18.5. The summed E-state index contributed by atoms with van der Waals surface area (Å²) in [6, 6.07) is 11.2. The molecule has 9 nitrogen and oxygen atoms in total. The Morgan fingerprint density at radius 3 is 1.11 bits per heavy atom. The van der Waals surface area contributed by atoms with Crippen LogP contribution >= 0.6 is 0 Å². The van der Waals surface area contributed by atoms with Crippen LogP contribution in [0.3, 0.4) is 0 Å². The number of hydrogen-bond acceptors (Lipinski definition) is 6. The second-order valence-electron chi connectivity index (χ2n) is 18.5. The molecule has 0 unspecified atom stereocenters. The number of aromatic hydroxyl groups is 3. The van der Waals surface area contributed by atoms with Gasteiger partial charge in [0, 0.05) is 0 Å². The summed E-state index contributed by atoms with van der Waals surface area (Å²) in [6.07, 6.45) is 10.5. The number of aryl methyl sites for hydroxylation is 2. The van der Waals surface area contributed by atoms with Crippen LogP contribution in [0.2, 0.25) is 0 Å². The fourth-order valence-corrected chi connectivity index (χ4v) is 8.99. The number of phenols is 3. The molecule has 1 heterocycles. The van der Waals surface area contributed by atoms with Gasteiger partial charge in [0.25, 0.3) is 0 Å². The molecule has 0 amide bonds. The largest absolute Gasteiger partial charge is 0.507 e. The van der Waals surface area contributed by atoms with Crippen LogP contribution in [0.25, 0.3) is 0 Å². The average molecular weight is 752 g/mol. The first-order valence-corrected chi connectivity index (χ1v) is 20.3. The first-order valence-electron chi connectivity index (χ1n) is 20.3. The molecule has 2 saturated carbocycles. The number of rotatable bonds is 8. The van der Waals surface area contributed by atoms with Gasteiger partial charge in [0.05, 0.1) is 19.6 Å². The van der Waals surface area contributed by atoms with Crippen molar-refractivity contribution in [3.8, 4) is 17.2 Å². The molecule has 6 rings (SSSR count). The lowest BCUT2D eigenvalue weighted by atomic mass is 9.78. The van der Waals surface area contributed by atoms with E-state index in [1.54, 1.807) is 26.0 Å². The van der Waals surface area contributed by atoms with Gasteiger partial charge < -0.3 is 15.3 Å². The van der Waals surface area contributed by atoms with Gasteiger partial charge in [0.15, 0.2) is 0 Å². The van der Waals surface area contributed by atoms with Crippen molar-refractivity contribution in [1.82, 2.24) is 13.7 Å². The van der Waals surface area contributed by atoms with E-state index in [9.17, 15) is 29.7 Å². The molecule has 0 spiro atoms. The maximum absolute atomic E-state index is 14.6. The minimum Gasteiger partial charge on any atom is -0.507 e. The zero-order valence-electron chi connectivity index (χ0n) is 34.2. The van der Waals surface area contributed by atoms with Crippen LogP contribution in [0, 0.1) is 13.8 Å². The lowest BCUT2D eigenvalue weighted by Crippen LogP contribution is -2.54. The summed E-state index contributed by atoms with van der Waals surface area (Å²) in [4.78, 5) is 43.6. The number of hydrogen-bond donors (Lipinski definition) is 3. The molecule has 2 aliphatic rings. The molecule has 296 valence electrons. The Bertz CT molecular complexity index is 2100. The summed E-state index contributed by atoms with van der Waals surface area (Å²) in [6.45, 7) is 15.6. The Balaban J connectivity index is 1.54. The van der Waals surface area contributed by atoms with Crippen molar-refractivity contribution in [2.24, 2.45) is 0 Å². The zero-order chi connectivity index (χ0) is 40.0. The van der Waals surface area contributed by atoms with E-state index in [2.05, 4.69) is 0 Å². The summed E-state index contributed by atoms with van der Waals surface area (Å²) in [7, 11) is 0. The van der Waals surface area contributed by atoms with Crippen LogP contribution < -0.4 is 17.1 Å². The normalized spacial score (nSPS) is 16.1. The SMILES string of the molecule is Cc1cc(Cn2c(=O)n(Cc3cc(C4CCCCC4)c(O)c(C(C)(C)C)c3)c(=O)n(Cc3cc(C4CCCCC4)c(O)c(C(C)(C)C)c3)c2=O)cc(C)c1O. The zero-order valence-corrected chi connectivity index (χ0v) is 34.2. The molecule has 0 bridgehead atoms. The Morgan fingerprint density at radius 2 is 0.800 bits per heavy atom. The van der Waals surface area contributed by atoms with Crippen molar-refractivity contribution >= 4 is 0 Å². The quantitative estimate of drug-likeness (QED) is 0.165. The molecule has 2 fully saturated rings. The third kappa shape index (κ3) is 8.36. The van der Waals surface area contributed by atoms with Crippen molar-refractivity contribution < 1.29 is 15.3 Å². The van der Waals surface area contributed by atoms with Gasteiger partial charge in [-0.25, -0.2) is 28.1 Å². The number of nitrogens with zero attached hydrogens (tertiary/aromatic N) is 3. The Labute approximate surface area is 325 Å². The van der Waals surface area contributed by atoms with E-state index in [0.29, 0.717) is 16.7 Å². The summed E-state index contributed by atoms with van der Waals surface area (Å²) < 4.78 is 3.42. The van der Waals surface area contributed by atoms with Crippen molar-refractivity contribution in [2.45, 2.75) is 162 Å². The lowest BCUT2D eigenvalue weighted by Gasteiger charge is -2.28. The highest BCUT2D eigenvalue weighted by Crippen LogP contribution is 2.44. The standard InChI is InChI=1S/C46H61N3O6/c1-28-19-30(20-29(2)39(28)50)25-47-42(53)48(26-31-21-35(33-15-11-9-12-16-33)40(51)37(23-31)45(3,4)5)44(55)49(43(47)54)27-32-22-36(34-17-13-10-14-18-34)41(52)38(24-32)46(6,7)8/h19-24,33-34,50-52H,9-18,25-27H2,1-8H3. The number of phenolic OH excluding ortho intramolecular Hbond substituents is 3. The van der Waals surface area contributed by atoms with Gasteiger partial charge in [-0.05, 0) is 124 Å². The summed E-state index contributed by atoms with van der Waals surface area (Å²) >= 11 is 0. The predicted molar refractivity (Wildman–Crippen MR) is 219 cm³/mol. The third-order valence-electron chi connectivity index (χ3n) is 12.1. The monoisotopic (exact) mass is 751 g/mol. The van der Waals surface area contributed by atoms with Gasteiger partial charge in [-0.15, -0.1) is 0 Å². The van der Waals surface area contributed by atoms with Gasteiger partial charge in [0.1, 0.15) is 17.2 Å². The highest BCUT2D eigenvalue weighted by molar-refractivity contribution is 5.50. The second kappa shape index (κ2) is 15.5. The van der Waals surface area contributed by atoms with Crippen LogP contribution in [0.5, 0.6) is 17.2 Å². The molecule has 4 aromatic rings. The molecule has 1 aromatic heterocycles. The van der Waals surface area contributed by atoms with Crippen LogP contribution in [0.1, 0.15) is 168 Å². The molecule has 0 saturated heterocycles. The molecule has 55 heavy (non-hydrogen) atoms. The third-order valence-corrected chi connectivity index (χ3v) is 12.1. The summed E-state index contributed by atoms with van der Waals surface area (Å²) in [5.74, 6) is 1.09. The minimum atomic E-state index is -0.719. The highest BCUT2D eigenvalue weighted by Gasteiger charge is 2.29. The van der Waals surface area contributed by atoms with Gasteiger partial charge in [0.2, 0.25) is 0 Å². The van der Waals surface area contributed by atoms with Crippen molar-refractivity contribution in [3.63, 3.8) is 0 Å². The Hall–Kier alpha value is -4.53. The Morgan fingerprint density at radius 1 is 0.491 bits per heavy atom. The van der Waals surface area contributed by atoms with E-state index in [1.165, 1.54) is 12.8 Å². The first kappa shape index (κ1) is 40.1. The molecule has 3 aromatic carbocycles. The number of aromatic nitrogens is 3. The topological polar surface area (TPSA) is 127 Å². The van der Waals surface area contributed by atoms with E-state index in [0.717, 1.165) is 98.4 Å². The van der Waals surface area contributed by atoms with Crippen molar-refractivity contribution in [2.75, 3.05) is 0 Å². The van der Waals surface area contributed by atoms with E-state index < -0.39 is 27.9 Å². The summed E-state index contributed by atoms with van der Waals surface area (Å²) in [5.41, 5.74) is 3.62. The lowest BCUT2D eigenvalue weighted by molar-refractivity contribution is 0.402. The molecular weight excluding hydrogens is 691 g/mol. The highest BCUT2D eigenvalue weighted by atomic mass is 16.3. The summed E-state index contributed by atoms with van der Waals surface area (Å²) in [5, 5.41) is 33.7. The minimum absolute atomic E-state index is 0.0786. The molecule has 2 aliphatic carbocycles. The fourth-order valence-electron chi connectivity index (χ4n) is 8.99. The molecule has 0 atom stereocenters. The van der Waals surface area contributed by atoms with Gasteiger partial charge in [-0.3, -0.25) is 0 Å². The van der Waals surface area contributed by atoms with E-state index in [-0.39, 0.29) is 48.7 Å². The molecule has 0 radical (unpaired) electrons. The molecule has 3 N–H and O–H groups in total. The average Bonchev–Trinajstić information content (AvgIpc) is 3.13. The van der Waals surface area contributed by atoms with Crippen LogP contribution in [-0.4, -0.2) is 29.0 Å². The van der Waals surface area contributed by atoms with Gasteiger partial charge in [-0.2, -0.15) is 0 Å². The van der Waals surface area contributed by atoms with Gasteiger partial charge in [-0.1, -0.05) is 104 Å². The Kier molecular flexibility index (Phi) is 11.3.